The minimum absolute atomic E-state index is 0.505. The molecule has 0 radical (unpaired) electrons. The lowest BCUT2D eigenvalue weighted by atomic mass is 10.1. The van der Waals surface area contributed by atoms with Crippen molar-refractivity contribution in [2.45, 2.75) is 18.2 Å². The SMILES string of the molecule is CCNC(=NCCS(=O)c1ccccc1)NCCc1ccccc1OC. The van der Waals surface area contributed by atoms with Gasteiger partial charge in [0.05, 0.1) is 24.5 Å². The molecule has 0 saturated carbocycles. The number of hydrogen-bond acceptors (Lipinski definition) is 3. The standard InChI is InChI=1S/C20H27N3O2S/c1-3-21-20(22-14-13-17-9-7-8-12-19(17)25-2)23-15-16-26(24)18-10-5-4-6-11-18/h4-12H,3,13-16H2,1-2H3,(H2,21,22,23). The average molecular weight is 374 g/mol. The topological polar surface area (TPSA) is 62.7 Å². The van der Waals surface area contributed by atoms with Gasteiger partial charge in [-0.15, -0.1) is 0 Å². The monoisotopic (exact) mass is 373 g/mol. The van der Waals surface area contributed by atoms with Crippen LogP contribution in [0.1, 0.15) is 12.5 Å². The molecule has 140 valence electrons. The number of rotatable bonds is 9. The van der Waals surface area contributed by atoms with Gasteiger partial charge in [0, 0.05) is 23.7 Å². The van der Waals surface area contributed by atoms with Gasteiger partial charge in [-0.25, -0.2) is 0 Å². The summed E-state index contributed by atoms with van der Waals surface area (Å²) in [5, 5.41) is 6.54. The molecule has 0 fully saturated rings. The van der Waals surface area contributed by atoms with Crippen LogP contribution >= 0.6 is 0 Å². The first-order valence-electron chi connectivity index (χ1n) is 8.82. The third-order valence-electron chi connectivity index (χ3n) is 3.78. The van der Waals surface area contributed by atoms with E-state index in [1.165, 1.54) is 0 Å². The fourth-order valence-electron chi connectivity index (χ4n) is 2.50. The van der Waals surface area contributed by atoms with Gasteiger partial charge in [0.15, 0.2) is 5.96 Å². The second-order valence-electron chi connectivity index (χ2n) is 5.61. The Morgan fingerprint density at radius 1 is 1.08 bits per heavy atom. The number of hydrogen-bond donors (Lipinski definition) is 2. The van der Waals surface area contributed by atoms with Crippen molar-refractivity contribution < 1.29 is 8.95 Å². The molecule has 0 aliphatic carbocycles. The van der Waals surface area contributed by atoms with Gasteiger partial charge in [-0.1, -0.05) is 36.4 Å². The maximum Gasteiger partial charge on any atom is 0.191 e. The highest BCUT2D eigenvalue weighted by Gasteiger charge is 2.04. The van der Waals surface area contributed by atoms with Gasteiger partial charge in [-0.2, -0.15) is 0 Å². The quantitative estimate of drug-likeness (QED) is 0.524. The number of guanidine groups is 1. The average Bonchev–Trinajstić information content (AvgIpc) is 2.69. The van der Waals surface area contributed by atoms with Crippen molar-refractivity contribution in [1.29, 1.82) is 0 Å². The summed E-state index contributed by atoms with van der Waals surface area (Å²) < 4.78 is 17.6. The molecule has 26 heavy (non-hydrogen) atoms. The second-order valence-corrected chi connectivity index (χ2v) is 7.18. The number of benzene rings is 2. The van der Waals surface area contributed by atoms with E-state index in [1.54, 1.807) is 7.11 Å². The van der Waals surface area contributed by atoms with Crippen molar-refractivity contribution in [3.63, 3.8) is 0 Å². The van der Waals surface area contributed by atoms with Crippen LogP contribution in [0.4, 0.5) is 0 Å². The summed E-state index contributed by atoms with van der Waals surface area (Å²) in [7, 11) is 0.662. The minimum Gasteiger partial charge on any atom is -0.496 e. The van der Waals surface area contributed by atoms with Gasteiger partial charge >= 0.3 is 0 Å². The smallest absolute Gasteiger partial charge is 0.191 e. The van der Waals surface area contributed by atoms with Crippen LogP contribution in [0.2, 0.25) is 0 Å². The van der Waals surface area contributed by atoms with Crippen LogP contribution in [-0.4, -0.2) is 42.7 Å². The van der Waals surface area contributed by atoms with Crippen LogP contribution in [0.5, 0.6) is 5.75 Å². The first-order valence-corrected chi connectivity index (χ1v) is 10.1. The van der Waals surface area contributed by atoms with E-state index in [1.807, 2.05) is 55.5 Å². The van der Waals surface area contributed by atoms with Gasteiger partial charge in [-0.05, 0) is 37.1 Å². The van der Waals surface area contributed by atoms with E-state index in [2.05, 4.69) is 21.7 Å². The molecule has 0 aliphatic rings. The van der Waals surface area contributed by atoms with E-state index in [4.69, 9.17) is 4.74 Å². The molecule has 0 aromatic heterocycles. The molecule has 6 heteroatoms. The summed E-state index contributed by atoms with van der Waals surface area (Å²) in [6.07, 6.45) is 0.838. The summed E-state index contributed by atoms with van der Waals surface area (Å²) in [5.41, 5.74) is 1.16. The van der Waals surface area contributed by atoms with E-state index >= 15 is 0 Å². The summed E-state index contributed by atoms with van der Waals surface area (Å²) in [6.45, 7) is 4.06. The molecule has 0 bridgehead atoms. The number of nitrogens with zero attached hydrogens (tertiary/aromatic N) is 1. The fourth-order valence-corrected chi connectivity index (χ4v) is 3.45. The Morgan fingerprint density at radius 3 is 2.54 bits per heavy atom. The second kappa shape index (κ2) is 11.3. The van der Waals surface area contributed by atoms with Gasteiger partial charge in [-0.3, -0.25) is 9.20 Å². The van der Waals surface area contributed by atoms with Crippen molar-refractivity contribution in [3.8, 4) is 5.75 Å². The zero-order valence-electron chi connectivity index (χ0n) is 15.4. The van der Waals surface area contributed by atoms with Crippen LogP contribution in [-0.2, 0) is 17.2 Å². The molecule has 0 amide bonds. The highest BCUT2D eigenvalue weighted by molar-refractivity contribution is 7.85. The normalized spacial score (nSPS) is 12.5. The Balaban J connectivity index is 1.83. The van der Waals surface area contributed by atoms with Crippen molar-refractivity contribution in [2.24, 2.45) is 4.99 Å². The van der Waals surface area contributed by atoms with Gasteiger partial charge in [0.25, 0.3) is 0 Å². The number of para-hydroxylation sites is 1. The lowest BCUT2D eigenvalue weighted by Crippen LogP contribution is -2.38. The van der Waals surface area contributed by atoms with Gasteiger partial charge < -0.3 is 15.4 Å². The predicted molar refractivity (Wildman–Crippen MR) is 108 cm³/mol. The number of nitrogens with one attached hydrogen (secondary N) is 2. The fraction of sp³-hybridized carbons (Fsp3) is 0.350. The highest BCUT2D eigenvalue weighted by atomic mass is 32.2. The molecular weight excluding hydrogens is 346 g/mol. The molecule has 2 N–H and O–H groups in total. The molecule has 0 saturated heterocycles. The molecule has 0 spiro atoms. The molecule has 0 aliphatic heterocycles. The highest BCUT2D eigenvalue weighted by Crippen LogP contribution is 2.17. The predicted octanol–water partition coefficient (Wildman–Crippen LogP) is 2.60. The van der Waals surface area contributed by atoms with Crippen LogP contribution in [0.3, 0.4) is 0 Å². The first kappa shape index (κ1) is 20.0. The molecule has 1 unspecified atom stereocenters. The molecule has 2 aromatic carbocycles. The van der Waals surface area contributed by atoms with Crippen molar-refractivity contribution in [1.82, 2.24) is 10.6 Å². The van der Waals surface area contributed by atoms with Crippen LogP contribution in [0, 0.1) is 0 Å². The Labute approximate surface area is 158 Å². The van der Waals surface area contributed by atoms with E-state index in [-0.39, 0.29) is 0 Å². The van der Waals surface area contributed by atoms with Crippen molar-refractivity contribution >= 4 is 16.8 Å². The van der Waals surface area contributed by atoms with E-state index in [9.17, 15) is 4.21 Å². The number of aliphatic imine (C=N–C) groups is 1. The number of ether oxygens (including phenoxy) is 1. The Hall–Kier alpha value is -2.34. The van der Waals surface area contributed by atoms with E-state index < -0.39 is 10.8 Å². The third-order valence-corrected chi connectivity index (χ3v) is 5.13. The molecule has 2 aromatic rings. The summed E-state index contributed by atoms with van der Waals surface area (Å²) >= 11 is 0. The first-order chi connectivity index (χ1) is 12.7. The Bertz CT molecular complexity index is 720. The number of methoxy groups -OCH3 is 1. The summed E-state index contributed by atoms with van der Waals surface area (Å²) in [5.74, 6) is 2.15. The summed E-state index contributed by atoms with van der Waals surface area (Å²) in [6, 6.07) is 17.5. The lowest BCUT2D eigenvalue weighted by Gasteiger charge is -2.12. The van der Waals surface area contributed by atoms with E-state index in [0.29, 0.717) is 12.3 Å². The maximum absolute atomic E-state index is 12.2. The molecule has 2 rings (SSSR count). The van der Waals surface area contributed by atoms with Crippen molar-refractivity contribution in [2.75, 3.05) is 32.5 Å². The molecule has 5 nitrogen and oxygen atoms in total. The Morgan fingerprint density at radius 2 is 1.81 bits per heavy atom. The van der Waals surface area contributed by atoms with Gasteiger partial charge in [0.1, 0.15) is 5.75 Å². The largest absolute Gasteiger partial charge is 0.496 e. The van der Waals surface area contributed by atoms with Crippen LogP contribution in [0.25, 0.3) is 0 Å². The van der Waals surface area contributed by atoms with Gasteiger partial charge in [0.2, 0.25) is 0 Å². The molecule has 1 atom stereocenters. The molecular formula is C20H27N3O2S. The lowest BCUT2D eigenvalue weighted by molar-refractivity contribution is 0.409. The van der Waals surface area contributed by atoms with Crippen LogP contribution in [0.15, 0.2) is 64.5 Å². The minimum atomic E-state index is -1.02. The summed E-state index contributed by atoms with van der Waals surface area (Å²) in [4.78, 5) is 5.37. The maximum atomic E-state index is 12.2. The molecule has 0 heterocycles. The Kier molecular flexibility index (Phi) is 8.69. The third kappa shape index (κ3) is 6.52. The van der Waals surface area contributed by atoms with E-state index in [0.717, 1.165) is 41.7 Å². The zero-order valence-corrected chi connectivity index (χ0v) is 16.2. The zero-order chi connectivity index (χ0) is 18.6. The van der Waals surface area contributed by atoms with Crippen LogP contribution < -0.4 is 15.4 Å². The van der Waals surface area contributed by atoms with Crippen molar-refractivity contribution in [3.05, 3.63) is 60.2 Å².